The molecule has 0 heterocycles. The zero-order valence-corrected chi connectivity index (χ0v) is 15.9. The molecule has 0 atom stereocenters. The van der Waals surface area contributed by atoms with Gasteiger partial charge in [-0.05, 0) is 30.8 Å². The van der Waals surface area contributed by atoms with Gasteiger partial charge in [-0.15, -0.1) is 0 Å². The summed E-state index contributed by atoms with van der Waals surface area (Å²) in [5, 5.41) is 7.72. The third kappa shape index (κ3) is 10.6. The van der Waals surface area contributed by atoms with Gasteiger partial charge in [0.15, 0.2) is 5.11 Å². The Bertz CT molecular complexity index is 437. The van der Waals surface area contributed by atoms with E-state index in [0.29, 0.717) is 10.1 Å². The van der Waals surface area contributed by atoms with Gasteiger partial charge >= 0.3 is 0 Å². The molecule has 0 fully saturated rings. The normalized spacial score (nSPS) is 10.5. The molecule has 0 saturated heterocycles. The summed E-state index contributed by atoms with van der Waals surface area (Å²) in [5.41, 5.74) is 0.856. The van der Waals surface area contributed by atoms with Crippen LogP contribution < -0.4 is 10.6 Å². The van der Waals surface area contributed by atoms with Gasteiger partial charge in [-0.1, -0.05) is 88.4 Å². The molecule has 0 spiro atoms. The number of nitrogens with one attached hydrogen (secondary N) is 2. The molecule has 1 rings (SSSR count). The Hall–Kier alpha value is -0.800. The molecule has 4 heteroatoms. The van der Waals surface area contributed by atoms with Crippen molar-refractivity contribution in [2.75, 3.05) is 11.9 Å². The molecule has 0 bridgehead atoms. The Morgan fingerprint density at radius 3 is 2.09 bits per heavy atom. The van der Waals surface area contributed by atoms with Crippen LogP contribution >= 0.6 is 23.8 Å². The van der Waals surface area contributed by atoms with Crippen LogP contribution in [0, 0.1) is 0 Å². The molecule has 2 N–H and O–H groups in total. The number of benzene rings is 1. The number of halogens is 1. The van der Waals surface area contributed by atoms with Crippen molar-refractivity contribution in [2.24, 2.45) is 0 Å². The molecule has 2 nitrogen and oxygen atoms in total. The van der Waals surface area contributed by atoms with Crippen molar-refractivity contribution in [1.82, 2.24) is 5.32 Å². The van der Waals surface area contributed by atoms with Crippen molar-refractivity contribution in [3.8, 4) is 0 Å². The first kappa shape index (κ1) is 20.2. The van der Waals surface area contributed by atoms with E-state index in [2.05, 4.69) is 17.6 Å². The van der Waals surface area contributed by atoms with Crippen molar-refractivity contribution in [2.45, 2.75) is 71.1 Å². The van der Waals surface area contributed by atoms with Crippen LogP contribution in [0.2, 0.25) is 5.02 Å². The van der Waals surface area contributed by atoms with Crippen molar-refractivity contribution in [3.63, 3.8) is 0 Å². The van der Waals surface area contributed by atoms with Gasteiger partial charge < -0.3 is 10.6 Å². The van der Waals surface area contributed by atoms with Gasteiger partial charge in [-0.3, -0.25) is 0 Å². The predicted octanol–water partition coefficient (Wildman–Crippen LogP) is 6.55. The molecule has 130 valence electrons. The van der Waals surface area contributed by atoms with E-state index in [4.69, 9.17) is 23.8 Å². The molecule has 0 aromatic heterocycles. The molecule has 0 aliphatic rings. The highest BCUT2D eigenvalue weighted by atomic mass is 35.5. The number of unbranched alkanes of at least 4 members (excludes halogenated alkanes) is 9. The fourth-order valence-corrected chi connectivity index (χ4v) is 2.94. The van der Waals surface area contributed by atoms with E-state index in [-0.39, 0.29) is 0 Å². The van der Waals surface area contributed by atoms with Crippen molar-refractivity contribution in [3.05, 3.63) is 29.3 Å². The molecular formula is C19H31ClN2S. The van der Waals surface area contributed by atoms with Gasteiger partial charge in [-0.2, -0.15) is 0 Å². The number of para-hydroxylation sites is 1. The number of thiocarbonyl (C=S) groups is 1. The summed E-state index contributed by atoms with van der Waals surface area (Å²) in [6.07, 6.45) is 13.5. The monoisotopic (exact) mass is 354 g/mol. The number of rotatable bonds is 12. The Morgan fingerprint density at radius 1 is 0.913 bits per heavy atom. The van der Waals surface area contributed by atoms with Crippen LogP contribution in [-0.2, 0) is 0 Å². The maximum absolute atomic E-state index is 6.09. The molecule has 0 radical (unpaired) electrons. The molecule has 0 unspecified atom stereocenters. The standard InChI is InChI=1S/C19H31ClN2S/c1-2-3-4-5-6-7-8-9-10-13-16-21-19(23)22-18-15-12-11-14-17(18)20/h11-12,14-15H,2-10,13,16H2,1H3,(H2,21,22,23). The van der Waals surface area contributed by atoms with E-state index in [1.807, 2.05) is 24.3 Å². The second-order valence-electron chi connectivity index (χ2n) is 6.04. The minimum Gasteiger partial charge on any atom is -0.362 e. The largest absolute Gasteiger partial charge is 0.362 e. The van der Waals surface area contributed by atoms with E-state index in [9.17, 15) is 0 Å². The lowest BCUT2D eigenvalue weighted by atomic mass is 10.1. The summed E-state index contributed by atoms with van der Waals surface area (Å²) < 4.78 is 0. The minimum atomic E-state index is 0.647. The fraction of sp³-hybridized carbons (Fsp3) is 0.632. The van der Waals surface area contributed by atoms with Crippen molar-refractivity contribution >= 4 is 34.6 Å². The summed E-state index contributed by atoms with van der Waals surface area (Å²) in [6.45, 7) is 3.19. The van der Waals surface area contributed by atoms with E-state index in [1.165, 1.54) is 64.2 Å². The Labute approximate surface area is 152 Å². The molecule has 0 aliphatic heterocycles. The van der Waals surface area contributed by atoms with E-state index in [0.717, 1.165) is 12.2 Å². The van der Waals surface area contributed by atoms with Crippen LogP contribution in [0.5, 0.6) is 0 Å². The maximum atomic E-state index is 6.09. The van der Waals surface area contributed by atoms with E-state index >= 15 is 0 Å². The van der Waals surface area contributed by atoms with Gasteiger partial charge in [0.2, 0.25) is 0 Å². The van der Waals surface area contributed by atoms with Crippen LogP contribution in [0.3, 0.4) is 0 Å². The molecule has 0 amide bonds. The lowest BCUT2D eigenvalue weighted by molar-refractivity contribution is 0.555. The van der Waals surface area contributed by atoms with Crippen molar-refractivity contribution in [1.29, 1.82) is 0 Å². The molecule has 0 saturated carbocycles. The quantitative estimate of drug-likeness (QED) is 0.329. The van der Waals surface area contributed by atoms with Crippen LogP contribution in [-0.4, -0.2) is 11.7 Å². The smallest absolute Gasteiger partial charge is 0.170 e. The lowest BCUT2D eigenvalue weighted by Crippen LogP contribution is -2.29. The molecule has 1 aromatic carbocycles. The molecule has 23 heavy (non-hydrogen) atoms. The Morgan fingerprint density at radius 2 is 1.48 bits per heavy atom. The van der Waals surface area contributed by atoms with Gasteiger partial charge in [0.1, 0.15) is 0 Å². The summed E-state index contributed by atoms with van der Waals surface area (Å²) >= 11 is 11.4. The second kappa shape index (κ2) is 13.6. The highest BCUT2D eigenvalue weighted by Crippen LogP contribution is 2.20. The van der Waals surface area contributed by atoms with E-state index in [1.54, 1.807) is 0 Å². The number of anilines is 1. The zero-order chi connectivity index (χ0) is 16.8. The Balaban J connectivity index is 1.93. The third-order valence-corrected chi connectivity index (χ3v) is 4.51. The first-order chi connectivity index (χ1) is 11.2. The first-order valence-electron chi connectivity index (χ1n) is 9.03. The van der Waals surface area contributed by atoms with Gasteiger partial charge in [-0.25, -0.2) is 0 Å². The molecular weight excluding hydrogens is 324 g/mol. The average molecular weight is 355 g/mol. The molecule has 1 aromatic rings. The number of hydrogen-bond acceptors (Lipinski definition) is 1. The summed E-state index contributed by atoms with van der Waals surface area (Å²) in [7, 11) is 0. The predicted molar refractivity (Wildman–Crippen MR) is 108 cm³/mol. The van der Waals surface area contributed by atoms with Crippen molar-refractivity contribution < 1.29 is 0 Å². The Kier molecular flexibility index (Phi) is 12.0. The minimum absolute atomic E-state index is 0.647. The van der Waals surface area contributed by atoms with Gasteiger partial charge in [0, 0.05) is 6.54 Å². The van der Waals surface area contributed by atoms with Gasteiger partial charge in [0.05, 0.1) is 10.7 Å². The van der Waals surface area contributed by atoms with Crippen LogP contribution in [0.25, 0.3) is 0 Å². The van der Waals surface area contributed by atoms with Crippen LogP contribution in [0.1, 0.15) is 71.1 Å². The topological polar surface area (TPSA) is 24.1 Å². The lowest BCUT2D eigenvalue weighted by Gasteiger charge is -2.11. The van der Waals surface area contributed by atoms with E-state index < -0.39 is 0 Å². The SMILES string of the molecule is CCCCCCCCCCCCNC(=S)Nc1ccccc1Cl. The third-order valence-electron chi connectivity index (χ3n) is 3.94. The highest BCUT2D eigenvalue weighted by molar-refractivity contribution is 7.80. The number of hydrogen-bond donors (Lipinski definition) is 2. The van der Waals surface area contributed by atoms with Crippen LogP contribution in [0.15, 0.2) is 24.3 Å². The summed E-state index contributed by atoms with van der Waals surface area (Å²) in [4.78, 5) is 0. The first-order valence-corrected chi connectivity index (χ1v) is 9.82. The fourth-order valence-electron chi connectivity index (χ4n) is 2.54. The second-order valence-corrected chi connectivity index (χ2v) is 6.86. The van der Waals surface area contributed by atoms with Gasteiger partial charge in [0.25, 0.3) is 0 Å². The molecule has 0 aliphatic carbocycles. The summed E-state index contributed by atoms with van der Waals surface area (Å²) in [6, 6.07) is 7.64. The highest BCUT2D eigenvalue weighted by Gasteiger charge is 2.00. The zero-order valence-electron chi connectivity index (χ0n) is 14.4. The maximum Gasteiger partial charge on any atom is 0.170 e. The summed E-state index contributed by atoms with van der Waals surface area (Å²) in [5.74, 6) is 0. The average Bonchev–Trinajstić information content (AvgIpc) is 2.55. The van der Waals surface area contributed by atoms with Crippen LogP contribution in [0.4, 0.5) is 5.69 Å².